The maximum absolute atomic E-state index is 11.8. The Balaban J connectivity index is 2.52. The maximum Gasteiger partial charge on any atom is 0.289 e. The molecule has 1 atom stereocenters. The van der Waals surface area contributed by atoms with Crippen molar-refractivity contribution in [3.8, 4) is 0 Å². The lowest BCUT2D eigenvalue weighted by Gasteiger charge is -2.23. The highest BCUT2D eigenvalue weighted by molar-refractivity contribution is 7.98. The van der Waals surface area contributed by atoms with E-state index in [1.54, 1.807) is 28.8 Å². The molecule has 1 aromatic rings. The fraction of sp³-hybridized carbons (Fsp3) is 0.545. The van der Waals surface area contributed by atoms with Gasteiger partial charge in [0, 0.05) is 13.1 Å². The van der Waals surface area contributed by atoms with Crippen molar-refractivity contribution in [2.45, 2.75) is 19.4 Å². The van der Waals surface area contributed by atoms with Crippen LogP contribution in [0.4, 0.5) is 0 Å². The predicted molar refractivity (Wildman–Crippen MR) is 63.3 cm³/mol. The Labute approximate surface area is 94.8 Å². The maximum atomic E-state index is 11.8. The Morgan fingerprint density at radius 1 is 1.67 bits per heavy atom. The number of furan rings is 1. The molecule has 0 aliphatic carbocycles. The van der Waals surface area contributed by atoms with Crippen LogP contribution in [0, 0.1) is 0 Å². The van der Waals surface area contributed by atoms with E-state index >= 15 is 0 Å². The largest absolute Gasteiger partial charge is 0.459 e. The molecule has 84 valence electrons. The highest BCUT2D eigenvalue weighted by Crippen LogP contribution is 2.10. The minimum absolute atomic E-state index is 0.0476. The van der Waals surface area contributed by atoms with Crippen LogP contribution in [0.5, 0.6) is 0 Å². The van der Waals surface area contributed by atoms with E-state index in [9.17, 15) is 4.79 Å². The quantitative estimate of drug-likeness (QED) is 0.775. The van der Waals surface area contributed by atoms with Gasteiger partial charge in [0.1, 0.15) is 0 Å². The molecule has 15 heavy (non-hydrogen) atoms. The van der Waals surface area contributed by atoms with Gasteiger partial charge in [-0.15, -0.1) is 0 Å². The minimum Gasteiger partial charge on any atom is -0.459 e. The lowest BCUT2D eigenvalue weighted by Crippen LogP contribution is -2.35. The Morgan fingerprint density at radius 2 is 2.40 bits per heavy atom. The summed E-state index contributed by atoms with van der Waals surface area (Å²) in [7, 11) is 1.82. The summed E-state index contributed by atoms with van der Waals surface area (Å²) in [5.74, 6) is 1.43. The number of rotatable bonds is 5. The number of hydrogen-bond acceptors (Lipinski definition) is 3. The van der Waals surface area contributed by atoms with Crippen molar-refractivity contribution >= 4 is 17.7 Å². The molecule has 1 amide bonds. The predicted octanol–water partition coefficient (Wildman–Crippen LogP) is 2.49. The molecule has 0 spiro atoms. The highest BCUT2D eigenvalue weighted by atomic mass is 32.2. The molecule has 0 aliphatic rings. The van der Waals surface area contributed by atoms with Crippen LogP contribution in [-0.2, 0) is 0 Å². The van der Waals surface area contributed by atoms with Crippen molar-refractivity contribution in [2.24, 2.45) is 0 Å². The molecular formula is C11H17NO2S. The molecule has 0 saturated heterocycles. The van der Waals surface area contributed by atoms with Gasteiger partial charge in [0.05, 0.1) is 6.26 Å². The monoisotopic (exact) mass is 227 g/mol. The molecule has 0 saturated carbocycles. The lowest BCUT2D eigenvalue weighted by atomic mass is 10.2. The van der Waals surface area contributed by atoms with Crippen molar-refractivity contribution in [1.82, 2.24) is 4.90 Å². The summed E-state index contributed by atoms with van der Waals surface area (Å²) in [4.78, 5) is 13.6. The van der Waals surface area contributed by atoms with Gasteiger partial charge < -0.3 is 9.32 Å². The zero-order valence-electron chi connectivity index (χ0n) is 9.40. The van der Waals surface area contributed by atoms with Crippen LogP contribution in [0.1, 0.15) is 23.9 Å². The Hall–Kier alpha value is -0.900. The molecule has 1 rings (SSSR count). The van der Waals surface area contributed by atoms with Gasteiger partial charge in [-0.1, -0.05) is 0 Å². The summed E-state index contributed by atoms with van der Waals surface area (Å²) >= 11 is 1.80. The molecule has 0 fully saturated rings. The van der Waals surface area contributed by atoms with Crippen molar-refractivity contribution < 1.29 is 9.21 Å². The van der Waals surface area contributed by atoms with E-state index in [2.05, 4.69) is 13.2 Å². The Kier molecular flexibility index (Phi) is 4.75. The average molecular weight is 227 g/mol. The number of thioether (sulfide) groups is 1. The van der Waals surface area contributed by atoms with E-state index in [1.807, 2.05) is 7.05 Å². The van der Waals surface area contributed by atoms with E-state index in [0.29, 0.717) is 5.76 Å². The zero-order valence-corrected chi connectivity index (χ0v) is 10.2. The second kappa shape index (κ2) is 5.85. The van der Waals surface area contributed by atoms with E-state index in [1.165, 1.54) is 6.26 Å². The molecule has 4 heteroatoms. The smallest absolute Gasteiger partial charge is 0.289 e. The third kappa shape index (κ3) is 3.30. The average Bonchev–Trinajstić information content (AvgIpc) is 2.77. The van der Waals surface area contributed by atoms with Gasteiger partial charge in [0.25, 0.3) is 5.91 Å². The fourth-order valence-corrected chi connectivity index (χ4v) is 1.83. The number of nitrogens with zero attached hydrogens (tertiary/aromatic N) is 1. The SMILES string of the molecule is CSCCC(C)N(C)C(=O)c1ccco1. The van der Waals surface area contributed by atoms with Crippen molar-refractivity contribution in [3.05, 3.63) is 24.2 Å². The first-order chi connectivity index (χ1) is 7.16. The van der Waals surface area contributed by atoms with Crippen molar-refractivity contribution in [2.75, 3.05) is 19.1 Å². The van der Waals surface area contributed by atoms with E-state index < -0.39 is 0 Å². The van der Waals surface area contributed by atoms with Crippen LogP contribution in [0.2, 0.25) is 0 Å². The molecular weight excluding hydrogens is 210 g/mol. The third-order valence-corrected chi connectivity index (χ3v) is 3.10. The first kappa shape index (κ1) is 12.2. The van der Waals surface area contributed by atoms with E-state index in [0.717, 1.165) is 12.2 Å². The standard InChI is InChI=1S/C11H17NO2S/c1-9(6-8-15-3)12(2)11(13)10-5-4-7-14-10/h4-5,7,9H,6,8H2,1-3H3. The Bertz CT molecular complexity index is 298. The molecule has 1 aromatic heterocycles. The molecule has 0 aromatic carbocycles. The topological polar surface area (TPSA) is 33.5 Å². The summed E-state index contributed by atoms with van der Waals surface area (Å²) in [6.07, 6.45) is 4.60. The van der Waals surface area contributed by atoms with Gasteiger partial charge in [-0.2, -0.15) is 11.8 Å². The van der Waals surface area contributed by atoms with Gasteiger partial charge in [-0.05, 0) is 37.5 Å². The molecule has 0 bridgehead atoms. The number of amides is 1. The van der Waals surface area contributed by atoms with Gasteiger partial charge in [0.2, 0.25) is 0 Å². The van der Waals surface area contributed by atoms with Gasteiger partial charge in [-0.25, -0.2) is 0 Å². The molecule has 0 radical (unpaired) electrons. The van der Waals surface area contributed by atoms with Crippen LogP contribution < -0.4 is 0 Å². The first-order valence-corrected chi connectivity index (χ1v) is 6.35. The highest BCUT2D eigenvalue weighted by Gasteiger charge is 2.18. The number of hydrogen-bond donors (Lipinski definition) is 0. The molecule has 1 unspecified atom stereocenters. The number of carbonyl (C=O) groups excluding carboxylic acids is 1. The minimum atomic E-state index is -0.0476. The van der Waals surface area contributed by atoms with Gasteiger partial charge in [-0.3, -0.25) is 4.79 Å². The van der Waals surface area contributed by atoms with Crippen LogP contribution in [0.15, 0.2) is 22.8 Å². The van der Waals surface area contributed by atoms with Crippen LogP contribution >= 0.6 is 11.8 Å². The van der Waals surface area contributed by atoms with Crippen LogP contribution in [-0.4, -0.2) is 35.9 Å². The van der Waals surface area contributed by atoms with E-state index in [-0.39, 0.29) is 11.9 Å². The van der Waals surface area contributed by atoms with Gasteiger partial charge >= 0.3 is 0 Å². The summed E-state index contributed by atoms with van der Waals surface area (Å²) in [5.41, 5.74) is 0. The molecule has 0 N–H and O–H groups in total. The van der Waals surface area contributed by atoms with Crippen LogP contribution in [0.25, 0.3) is 0 Å². The van der Waals surface area contributed by atoms with Crippen molar-refractivity contribution in [1.29, 1.82) is 0 Å². The summed E-state index contributed by atoms with van der Waals surface area (Å²) in [6, 6.07) is 3.67. The van der Waals surface area contributed by atoms with E-state index in [4.69, 9.17) is 4.42 Å². The second-order valence-electron chi connectivity index (χ2n) is 3.52. The normalized spacial score (nSPS) is 12.5. The molecule has 0 aliphatic heterocycles. The molecule has 3 nitrogen and oxygen atoms in total. The Morgan fingerprint density at radius 3 is 2.93 bits per heavy atom. The second-order valence-corrected chi connectivity index (χ2v) is 4.51. The number of carbonyl (C=O) groups is 1. The summed E-state index contributed by atoms with van der Waals surface area (Å²) in [5, 5.41) is 0. The summed E-state index contributed by atoms with van der Waals surface area (Å²) < 4.78 is 5.07. The first-order valence-electron chi connectivity index (χ1n) is 4.96. The fourth-order valence-electron chi connectivity index (χ4n) is 1.26. The lowest BCUT2D eigenvalue weighted by molar-refractivity contribution is 0.0709. The van der Waals surface area contributed by atoms with Gasteiger partial charge in [0.15, 0.2) is 5.76 Å². The molecule has 1 heterocycles. The summed E-state index contributed by atoms with van der Waals surface area (Å²) in [6.45, 7) is 2.05. The van der Waals surface area contributed by atoms with Crippen molar-refractivity contribution in [3.63, 3.8) is 0 Å². The zero-order chi connectivity index (χ0) is 11.3. The third-order valence-electron chi connectivity index (χ3n) is 2.45. The van der Waals surface area contributed by atoms with Crippen LogP contribution in [0.3, 0.4) is 0 Å².